The Bertz CT molecular complexity index is 627. The lowest BCUT2D eigenvalue weighted by Crippen LogP contribution is -2.54. The predicted octanol–water partition coefficient (Wildman–Crippen LogP) is 3.02. The van der Waals surface area contributed by atoms with E-state index in [4.69, 9.17) is 11.6 Å². The van der Waals surface area contributed by atoms with E-state index in [0.29, 0.717) is 18.8 Å². The maximum atomic E-state index is 12.5. The molecule has 1 aromatic rings. The summed E-state index contributed by atoms with van der Waals surface area (Å²) in [6.07, 6.45) is 1.57. The lowest BCUT2D eigenvalue weighted by molar-refractivity contribution is -0.131. The summed E-state index contributed by atoms with van der Waals surface area (Å²) in [6.45, 7) is 5.05. The number of thioether (sulfide) groups is 1. The van der Waals surface area contributed by atoms with E-state index >= 15 is 0 Å². The highest BCUT2D eigenvalue weighted by Crippen LogP contribution is 2.46. The van der Waals surface area contributed by atoms with Crippen LogP contribution in [0.5, 0.6) is 0 Å². The molecule has 0 aliphatic carbocycles. The number of anilines is 1. The first-order valence-electron chi connectivity index (χ1n) is 7.89. The molecule has 0 N–H and O–H groups in total. The molecule has 2 saturated heterocycles. The number of rotatable bonds is 2. The molecule has 1 aromatic carbocycles. The Hall–Kier alpha value is -1.20. The Balaban J connectivity index is 1.82. The molecule has 23 heavy (non-hydrogen) atoms. The fourth-order valence-electron chi connectivity index (χ4n) is 3.39. The normalized spacial score (nSPS) is 21.8. The van der Waals surface area contributed by atoms with Crippen molar-refractivity contribution in [3.8, 4) is 0 Å². The van der Waals surface area contributed by atoms with Crippen LogP contribution in [-0.2, 0) is 9.59 Å². The van der Waals surface area contributed by atoms with Crippen LogP contribution in [0.2, 0.25) is 0 Å². The second-order valence-electron chi connectivity index (χ2n) is 6.24. The average Bonchev–Trinajstić information content (AvgIpc) is 2.84. The standard InChI is InChI=1S/C17H21ClN2O2S/c1-12-4-3-5-14(10-12)20-15(21)11-23-17(20)6-8-19(9-7-17)16(22)13(2)18/h3-5,10,13H,6-9,11H2,1-2H3/t13-/m1/s1. The van der Waals surface area contributed by atoms with Gasteiger partial charge in [-0.1, -0.05) is 12.1 Å². The molecule has 3 rings (SSSR count). The number of benzene rings is 1. The van der Waals surface area contributed by atoms with E-state index in [0.717, 1.165) is 24.1 Å². The molecule has 0 aromatic heterocycles. The van der Waals surface area contributed by atoms with Crippen LogP contribution in [0.15, 0.2) is 24.3 Å². The largest absolute Gasteiger partial charge is 0.341 e. The molecule has 2 amide bonds. The number of hydrogen-bond acceptors (Lipinski definition) is 3. The maximum Gasteiger partial charge on any atom is 0.240 e. The third-order valence-corrected chi connectivity index (χ3v) is 6.28. The minimum atomic E-state index is -0.491. The van der Waals surface area contributed by atoms with Gasteiger partial charge in [-0.3, -0.25) is 14.5 Å². The van der Waals surface area contributed by atoms with Gasteiger partial charge in [0.25, 0.3) is 0 Å². The van der Waals surface area contributed by atoms with Crippen LogP contribution >= 0.6 is 23.4 Å². The Morgan fingerprint density at radius 1 is 1.35 bits per heavy atom. The third-order valence-electron chi connectivity index (χ3n) is 4.58. The average molecular weight is 353 g/mol. The monoisotopic (exact) mass is 352 g/mol. The Morgan fingerprint density at radius 2 is 2.04 bits per heavy atom. The van der Waals surface area contributed by atoms with E-state index in [1.54, 1.807) is 18.7 Å². The topological polar surface area (TPSA) is 40.6 Å². The number of alkyl halides is 1. The molecule has 2 aliphatic rings. The Kier molecular flexibility index (Phi) is 4.61. The Morgan fingerprint density at radius 3 is 2.65 bits per heavy atom. The van der Waals surface area contributed by atoms with E-state index in [1.807, 2.05) is 34.9 Å². The first kappa shape index (κ1) is 16.7. The molecular formula is C17H21ClN2O2S. The summed E-state index contributed by atoms with van der Waals surface area (Å²) in [5.41, 5.74) is 2.11. The van der Waals surface area contributed by atoms with Crippen LogP contribution in [-0.4, -0.2) is 45.8 Å². The van der Waals surface area contributed by atoms with Crippen LogP contribution in [0.4, 0.5) is 5.69 Å². The summed E-state index contributed by atoms with van der Waals surface area (Å²) < 4.78 is 0. The summed E-state index contributed by atoms with van der Waals surface area (Å²) in [7, 11) is 0. The molecule has 6 heteroatoms. The molecule has 1 spiro atoms. The number of piperidine rings is 1. The molecule has 2 aliphatic heterocycles. The molecule has 0 radical (unpaired) electrons. The van der Waals surface area contributed by atoms with Gasteiger partial charge in [0.1, 0.15) is 5.38 Å². The van der Waals surface area contributed by atoms with Gasteiger partial charge in [0.15, 0.2) is 0 Å². The van der Waals surface area contributed by atoms with Crippen LogP contribution in [0.1, 0.15) is 25.3 Å². The van der Waals surface area contributed by atoms with Crippen molar-refractivity contribution in [1.82, 2.24) is 4.90 Å². The summed E-state index contributed by atoms with van der Waals surface area (Å²) >= 11 is 7.63. The van der Waals surface area contributed by atoms with E-state index in [1.165, 1.54) is 0 Å². The summed E-state index contributed by atoms with van der Waals surface area (Å²) in [5, 5.41) is -0.491. The van der Waals surface area contributed by atoms with Gasteiger partial charge in [-0.2, -0.15) is 0 Å². The number of aryl methyl sites for hydroxylation is 1. The Labute approximate surface area is 146 Å². The summed E-state index contributed by atoms with van der Waals surface area (Å²) in [6, 6.07) is 8.08. The minimum Gasteiger partial charge on any atom is -0.341 e. The molecule has 124 valence electrons. The number of hydrogen-bond donors (Lipinski definition) is 0. The first-order valence-corrected chi connectivity index (χ1v) is 9.32. The van der Waals surface area contributed by atoms with Crippen LogP contribution in [0.3, 0.4) is 0 Å². The lowest BCUT2D eigenvalue weighted by Gasteiger charge is -2.44. The zero-order valence-corrected chi connectivity index (χ0v) is 15.0. The molecular weight excluding hydrogens is 332 g/mol. The van der Waals surface area contributed by atoms with Crippen molar-refractivity contribution in [3.05, 3.63) is 29.8 Å². The minimum absolute atomic E-state index is 0.0158. The van der Waals surface area contributed by atoms with Crippen LogP contribution in [0.25, 0.3) is 0 Å². The van der Waals surface area contributed by atoms with Gasteiger partial charge in [-0.15, -0.1) is 23.4 Å². The van der Waals surface area contributed by atoms with Crippen LogP contribution in [0, 0.1) is 6.92 Å². The quantitative estimate of drug-likeness (QED) is 0.768. The van der Waals surface area contributed by atoms with Crippen molar-refractivity contribution in [2.24, 2.45) is 0 Å². The number of halogens is 1. The van der Waals surface area contributed by atoms with Crippen molar-refractivity contribution in [1.29, 1.82) is 0 Å². The SMILES string of the molecule is Cc1cccc(N2C(=O)CSC23CCN(C(=O)[C@@H](C)Cl)CC3)c1. The van der Waals surface area contributed by atoms with Crippen molar-refractivity contribution in [2.45, 2.75) is 36.9 Å². The number of amides is 2. The lowest BCUT2D eigenvalue weighted by atomic mass is 10.0. The second-order valence-corrected chi connectivity index (χ2v) is 8.24. The van der Waals surface area contributed by atoms with Crippen molar-refractivity contribution >= 4 is 40.9 Å². The fraction of sp³-hybridized carbons (Fsp3) is 0.529. The van der Waals surface area contributed by atoms with E-state index < -0.39 is 5.38 Å². The molecule has 0 saturated carbocycles. The van der Waals surface area contributed by atoms with E-state index in [2.05, 4.69) is 6.07 Å². The van der Waals surface area contributed by atoms with Gasteiger partial charge in [0.2, 0.25) is 11.8 Å². The van der Waals surface area contributed by atoms with Crippen LogP contribution < -0.4 is 4.90 Å². The summed E-state index contributed by atoms with van der Waals surface area (Å²) in [4.78, 5) is 28.1. The van der Waals surface area contributed by atoms with Gasteiger partial charge < -0.3 is 4.90 Å². The zero-order chi connectivity index (χ0) is 16.6. The molecule has 1 atom stereocenters. The third kappa shape index (κ3) is 3.09. The van der Waals surface area contributed by atoms with Crippen molar-refractivity contribution in [2.75, 3.05) is 23.7 Å². The number of carbonyl (C=O) groups excluding carboxylic acids is 2. The fourth-order valence-corrected chi connectivity index (χ4v) is 4.86. The molecule has 2 fully saturated rings. The number of likely N-dealkylation sites (tertiary alicyclic amines) is 1. The van der Waals surface area contributed by atoms with Gasteiger partial charge in [-0.05, 0) is 44.4 Å². The van der Waals surface area contributed by atoms with E-state index in [9.17, 15) is 9.59 Å². The second kappa shape index (κ2) is 6.36. The maximum absolute atomic E-state index is 12.5. The van der Waals surface area contributed by atoms with E-state index in [-0.39, 0.29) is 16.7 Å². The molecule has 0 bridgehead atoms. The highest BCUT2D eigenvalue weighted by molar-refractivity contribution is 8.02. The molecule has 4 nitrogen and oxygen atoms in total. The van der Waals surface area contributed by atoms with Gasteiger partial charge in [-0.25, -0.2) is 0 Å². The van der Waals surface area contributed by atoms with Crippen molar-refractivity contribution < 1.29 is 9.59 Å². The van der Waals surface area contributed by atoms with Gasteiger partial charge >= 0.3 is 0 Å². The number of carbonyl (C=O) groups is 2. The molecule has 2 heterocycles. The first-order chi connectivity index (χ1) is 10.9. The predicted molar refractivity (Wildman–Crippen MR) is 95.0 cm³/mol. The molecule has 0 unspecified atom stereocenters. The highest BCUT2D eigenvalue weighted by Gasteiger charge is 2.49. The number of nitrogens with zero attached hydrogens (tertiary/aromatic N) is 2. The highest BCUT2D eigenvalue weighted by atomic mass is 35.5. The van der Waals surface area contributed by atoms with Gasteiger partial charge in [0, 0.05) is 18.8 Å². The van der Waals surface area contributed by atoms with Crippen molar-refractivity contribution in [3.63, 3.8) is 0 Å². The van der Waals surface area contributed by atoms with Gasteiger partial charge in [0.05, 0.1) is 10.6 Å². The zero-order valence-electron chi connectivity index (χ0n) is 13.4. The smallest absolute Gasteiger partial charge is 0.240 e. The summed E-state index contributed by atoms with van der Waals surface area (Å²) in [5.74, 6) is 0.650.